The highest BCUT2D eigenvalue weighted by Gasteiger charge is 2.34. The number of nitrogens with one attached hydrogen (secondary N) is 1. The van der Waals surface area contributed by atoms with Gasteiger partial charge in [0.2, 0.25) is 0 Å². The van der Waals surface area contributed by atoms with E-state index in [9.17, 15) is 0 Å². The maximum absolute atomic E-state index is 5.51. The summed E-state index contributed by atoms with van der Waals surface area (Å²) in [6, 6.07) is 3.99. The summed E-state index contributed by atoms with van der Waals surface area (Å²) >= 11 is 0. The molecule has 0 atom stereocenters. The Kier molecular flexibility index (Phi) is 4.85. The van der Waals surface area contributed by atoms with Crippen LogP contribution in [0.25, 0.3) is 5.65 Å². The van der Waals surface area contributed by atoms with Gasteiger partial charge in [-0.05, 0) is 31.9 Å². The van der Waals surface area contributed by atoms with Gasteiger partial charge in [-0.15, -0.1) is 15.3 Å². The van der Waals surface area contributed by atoms with Crippen molar-refractivity contribution >= 4 is 11.5 Å². The Labute approximate surface area is 148 Å². The van der Waals surface area contributed by atoms with E-state index >= 15 is 0 Å². The molecule has 2 aromatic rings. The molecule has 136 valence electrons. The van der Waals surface area contributed by atoms with Crippen molar-refractivity contribution in [3.63, 3.8) is 0 Å². The SMILES string of the molecule is Cc1nnc2ccc(NCC3(CN4CCOCC4)CCCCC3)nn12. The van der Waals surface area contributed by atoms with Crippen LogP contribution in [-0.4, -0.2) is 64.1 Å². The Morgan fingerprint density at radius 3 is 2.72 bits per heavy atom. The molecular weight excluding hydrogens is 316 g/mol. The quantitative estimate of drug-likeness (QED) is 0.896. The monoisotopic (exact) mass is 344 g/mol. The minimum absolute atomic E-state index is 0.342. The second kappa shape index (κ2) is 7.25. The molecule has 0 aromatic carbocycles. The van der Waals surface area contributed by atoms with E-state index in [-0.39, 0.29) is 0 Å². The fraction of sp³-hybridized carbons (Fsp3) is 0.722. The van der Waals surface area contributed by atoms with E-state index in [1.807, 2.05) is 19.1 Å². The molecule has 0 bridgehead atoms. The van der Waals surface area contributed by atoms with Crippen LogP contribution in [0.5, 0.6) is 0 Å². The zero-order valence-corrected chi connectivity index (χ0v) is 15.1. The van der Waals surface area contributed by atoms with Crippen LogP contribution in [0.1, 0.15) is 37.9 Å². The molecule has 1 aliphatic carbocycles. The lowest BCUT2D eigenvalue weighted by atomic mass is 9.73. The van der Waals surface area contributed by atoms with Crippen LogP contribution in [0, 0.1) is 12.3 Å². The standard InChI is InChI=1S/C18H28N6O/c1-15-20-21-17-6-5-16(22-24(15)17)19-13-18(7-3-2-4-8-18)14-23-9-11-25-12-10-23/h5-6H,2-4,7-14H2,1H3,(H,19,22). The van der Waals surface area contributed by atoms with Crippen LogP contribution in [-0.2, 0) is 4.74 Å². The van der Waals surface area contributed by atoms with E-state index < -0.39 is 0 Å². The Morgan fingerprint density at radius 1 is 1.12 bits per heavy atom. The third-order valence-electron chi connectivity index (χ3n) is 5.64. The number of nitrogens with zero attached hydrogens (tertiary/aromatic N) is 5. The predicted molar refractivity (Wildman–Crippen MR) is 96.8 cm³/mol. The molecule has 1 N–H and O–H groups in total. The molecule has 1 saturated carbocycles. The van der Waals surface area contributed by atoms with Gasteiger partial charge in [0.05, 0.1) is 13.2 Å². The molecule has 0 spiro atoms. The molecule has 7 heteroatoms. The summed E-state index contributed by atoms with van der Waals surface area (Å²) in [6.45, 7) is 7.93. The van der Waals surface area contributed by atoms with Gasteiger partial charge in [0.25, 0.3) is 0 Å². The number of ether oxygens (including phenoxy) is 1. The normalized spacial score (nSPS) is 21.5. The first-order valence-electron chi connectivity index (χ1n) is 9.47. The van der Waals surface area contributed by atoms with E-state index in [0.717, 1.165) is 56.7 Å². The first-order valence-corrected chi connectivity index (χ1v) is 9.47. The van der Waals surface area contributed by atoms with Gasteiger partial charge in [0.15, 0.2) is 11.5 Å². The predicted octanol–water partition coefficient (Wildman–Crippen LogP) is 2.13. The summed E-state index contributed by atoms with van der Waals surface area (Å²) in [4.78, 5) is 2.58. The highest BCUT2D eigenvalue weighted by molar-refractivity contribution is 5.44. The molecule has 1 saturated heterocycles. The van der Waals surface area contributed by atoms with E-state index in [1.54, 1.807) is 4.52 Å². The summed E-state index contributed by atoms with van der Waals surface area (Å²) in [7, 11) is 0. The highest BCUT2D eigenvalue weighted by atomic mass is 16.5. The van der Waals surface area contributed by atoms with E-state index in [1.165, 1.54) is 32.1 Å². The molecule has 7 nitrogen and oxygen atoms in total. The van der Waals surface area contributed by atoms with Crippen molar-refractivity contribution < 1.29 is 4.74 Å². The van der Waals surface area contributed by atoms with Crippen molar-refractivity contribution in [1.29, 1.82) is 0 Å². The first kappa shape index (κ1) is 16.7. The van der Waals surface area contributed by atoms with Gasteiger partial charge in [-0.1, -0.05) is 19.3 Å². The first-order chi connectivity index (χ1) is 12.2. The lowest BCUT2D eigenvalue weighted by Crippen LogP contribution is -2.47. The molecule has 25 heavy (non-hydrogen) atoms. The second-order valence-electron chi connectivity index (χ2n) is 7.54. The second-order valence-corrected chi connectivity index (χ2v) is 7.54. The van der Waals surface area contributed by atoms with Crippen LogP contribution in [0.4, 0.5) is 5.82 Å². The van der Waals surface area contributed by atoms with Crippen molar-refractivity contribution in [3.05, 3.63) is 18.0 Å². The average molecular weight is 344 g/mol. The third-order valence-corrected chi connectivity index (χ3v) is 5.64. The Bertz CT molecular complexity index is 703. The van der Waals surface area contributed by atoms with Crippen molar-refractivity contribution in [2.45, 2.75) is 39.0 Å². The molecule has 3 heterocycles. The van der Waals surface area contributed by atoms with E-state index in [0.29, 0.717) is 5.41 Å². The Balaban J connectivity index is 1.46. The van der Waals surface area contributed by atoms with Gasteiger partial charge < -0.3 is 10.1 Å². The van der Waals surface area contributed by atoms with Gasteiger partial charge in [0.1, 0.15) is 5.82 Å². The fourth-order valence-corrected chi connectivity index (χ4v) is 4.19. The van der Waals surface area contributed by atoms with E-state index in [2.05, 4.69) is 25.5 Å². The van der Waals surface area contributed by atoms with E-state index in [4.69, 9.17) is 4.74 Å². The largest absolute Gasteiger partial charge is 0.379 e. The molecule has 2 aliphatic rings. The van der Waals surface area contributed by atoms with Gasteiger partial charge in [-0.2, -0.15) is 4.52 Å². The minimum atomic E-state index is 0.342. The minimum Gasteiger partial charge on any atom is -0.379 e. The molecule has 0 unspecified atom stereocenters. The number of anilines is 1. The Morgan fingerprint density at radius 2 is 1.92 bits per heavy atom. The van der Waals surface area contributed by atoms with Crippen LogP contribution in [0.2, 0.25) is 0 Å². The molecule has 2 aromatic heterocycles. The topological polar surface area (TPSA) is 67.6 Å². The zero-order chi connectivity index (χ0) is 17.1. The maximum atomic E-state index is 5.51. The summed E-state index contributed by atoms with van der Waals surface area (Å²) < 4.78 is 7.32. The molecule has 4 rings (SSSR count). The number of rotatable bonds is 5. The number of hydrogen-bond acceptors (Lipinski definition) is 6. The smallest absolute Gasteiger partial charge is 0.178 e. The van der Waals surface area contributed by atoms with Crippen LogP contribution in [0.15, 0.2) is 12.1 Å². The maximum Gasteiger partial charge on any atom is 0.178 e. The number of hydrogen-bond donors (Lipinski definition) is 1. The summed E-state index contributed by atoms with van der Waals surface area (Å²) in [6.07, 6.45) is 6.64. The number of aromatic nitrogens is 4. The molecule has 2 fully saturated rings. The van der Waals surface area contributed by atoms with Gasteiger partial charge in [-0.3, -0.25) is 4.90 Å². The third kappa shape index (κ3) is 3.77. The molecule has 0 radical (unpaired) electrons. The number of aryl methyl sites for hydroxylation is 1. The lowest BCUT2D eigenvalue weighted by Gasteiger charge is -2.42. The van der Waals surface area contributed by atoms with Crippen LogP contribution < -0.4 is 5.32 Å². The summed E-state index contributed by atoms with van der Waals surface area (Å²) in [5, 5.41) is 16.4. The van der Waals surface area contributed by atoms with Crippen molar-refractivity contribution in [1.82, 2.24) is 24.7 Å². The lowest BCUT2D eigenvalue weighted by molar-refractivity contribution is 0.0102. The average Bonchev–Trinajstić information content (AvgIpc) is 3.02. The van der Waals surface area contributed by atoms with Gasteiger partial charge in [-0.25, -0.2) is 0 Å². The number of morpholine rings is 1. The molecular formula is C18H28N6O. The van der Waals surface area contributed by atoms with Crippen molar-refractivity contribution in [2.24, 2.45) is 5.41 Å². The molecule has 1 aliphatic heterocycles. The zero-order valence-electron chi connectivity index (χ0n) is 15.1. The highest BCUT2D eigenvalue weighted by Crippen LogP contribution is 2.37. The summed E-state index contributed by atoms with van der Waals surface area (Å²) in [5.74, 6) is 1.72. The van der Waals surface area contributed by atoms with Crippen LogP contribution in [0.3, 0.4) is 0 Å². The van der Waals surface area contributed by atoms with Crippen molar-refractivity contribution in [2.75, 3.05) is 44.7 Å². The van der Waals surface area contributed by atoms with Gasteiger partial charge >= 0.3 is 0 Å². The fourth-order valence-electron chi connectivity index (χ4n) is 4.19. The van der Waals surface area contributed by atoms with Gasteiger partial charge in [0, 0.05) is 31.6 Å². The Hall–Kier alpha value is -1.73. The number of fused-ring (bicyclic) bond motifs is 1. The molecule has 0 amide bonds. The summed E-state index contributed by atoms with van der Waals surface area (Å²) in [5.41, 5.74) is 1.14. The van der Waals surface area contributed by atoms with Crippen LogP contribution >= 0.6 is 0 Å². The van der Waals surface area contributed by atoms with Crippen molar-refractivity contribution in [3.8, 4) is 0 Å².